The van der Waals surface area contributed by atoms with E-state index in [9.17, 15) is 9.59 Å². The number of thiazole rings is 1. The highest BCUT2D eigenvalue weighted by molar-refractivity contribution is 7.13. The van der Waals surface area contributed by atoms with Crippen LogP contribution in [0.2, 0.25) is 0 Å². The van der Waals surface area contributed by atoms with Gasteiger partial charge in [-0.05, 0) is 30.2 Å². The number of rotatable bonds is 6. The fourth-order valence-electron chi connectivity index (χ4n) is 3.20. The standard InChI is InChI=1S/C23H21N3O2S/c27-21(24-15-19-16-29-23(25-19)18-5-2-1-3-6-18)13-10-17-8-11-20(12-9-17)26-14-4-7-22(26)28/h1-3,5-6,8-13,16H,4,7,14-15H2,(H,24,27). The van der Waals surface area contributed by atoms with Crippen molar-refractivity contribution in [1.82, 2.24) is 10.3 Å². The summed E-state index contributed by atoms with van der Waals surface area (Å²) in [6.45, 7) is 1.17. The smallest absolute Gasteiger partial charge is 0.244 e. The number of anilines is 1. The number of carbonyl (C=O) groups excluding carboxylic acids is 2. The SMILES string of the molecule is O=C(C=Cc1ccc(N2CCCC2=O)cc1)NCc1csc(-c2ccccc2)n1. The number of carbonyl (C=O) groups is 2. The minimum Gasteiger partial charge on any atom is -0.347 e. The van der Waals surface area contributed by atoms with E-state index in [1.165, 1.54) is 6.08 Å². The lowest BCUT2D eigenvalue weighted by molar-refractivity contribution is -0.117. The number of nitrogens with one attached hydrogen (secondary N) is 1. The Morgan fingerprint density at radius 1 is 1.14 bits per heavy atom. The Morgan fingerprint density at radius 3 is 2.66 bits per heavy atom. The molecule has 6 heteroatoms. The van der Waals surface area contributed by atoms with Crippen LogP contribution < -0.4 is 10.2 Å². The number of amides is 2. The number of benzene rings is 2. The van der Waals surface area contributed by atoms with Crippen LogP contribution in [0.3, 0.4) is 0 Å². The molecule has 1 fully saturated rings. The predicted octanol–water partition coefficient (Wildman–Crippen LogP) is 4.27. The summed E-state index contributed by atoms with van der Waals surface area (Å²) in [4.78, 5) is 30.3. The molecule has 29 heavy (non-hydrogen) atoms. The van der Waals surface area contributed by atoms with Gasteiger partial charge in [-0.15, -0.1) is 11.3 Å². The Kier molecular flexibility index (Phi) is 5.81. The van der Waals surface area contributed by atoms with Crippen LogP contribution in [0, 0.1) is 0 Å². The van der Waals surface area contributed by atoms with Crippen LogP contribution in [-0.2, 0) is 16.1 Å². The number of hydrogen-bond acceptors (Lipinski definition) is 4. The second-order valence-corrected chi connectivity index (χ2v) is 7.66. The van der Waals surface area contributed by atoms with E-state index in [0.717, 1.165) is 40.5 Å². The largest absolute Gasteiger partial charge is 0.347 e. The normalized spacial score (nSPS) is 13.9. The van der Waals surface area contributed by atoms with Crippen molar-refractivity contribution < 1.29 is 9.59 Å². The molecule has 2 heterocycles. The molecular formula is C23H21N3O2S. The summed E-state index contributed by atoms with van der Waals surface area (Å²) in [6.07, 6.45) is 4.81. The molecule has 0 radical (unpaired) electrons. The van der Waals surface area contributed by atoms with Crippen LogP contribution in [0.1, 0.15) is 24.1 Å². The molecule has 1 aliphatic rings. The molecule has 0 saturated carbocycles. The molecule has 1 aliphatic heterocycles. The van der Waals surface area contributed by atoms with Crippen LogP contribution >= 0.6 is 11.3 Å². The van der Waals surface area contributed by atoms with Crippen molar-refractivity contribution in [3.63, 3.8) is 0 Å². The predicted molar refractivity (Wildman–Crippen MR) is 116 cm³/mol. The molecule has 2 amide bonds. The maximum Gasteiger partial charge on any atom is 0.244 e. The van der Waals surface area contributed by atoms with E-state index in [1.54, 1.807) is 22.3 Å². The van der Waals surface area contributed by atoms with Crippen LogP contribution in [0.4, 0.5) is 5.69 Å². The lowest BCUT2D eigenvalue weighted by Crippen LogP contribution is -2.23. The van der Waals surface area contributed by atoms with Crippen molar-refractivity contribution in [3.05, 3.63) is 77.3 Å². The molecule has 0 bridgehead atoms. The molecule has 1 N–H and O–H groups in total. The van der Waals surface area contributed by atoms with Gasteiger partial charge in [0.25, 0.3) is 0 Å². The first-order chi connectivity index (χ1) is 14.2. The van der Waals surface area contributed by atoms with Gasteiger partial charge in [-0.1, -0.05) is 42.5 Å². The molecule has 2 aromatic carbocycles. The summed E-state index contributed by atoms with van der Waals surface area (Å²) in [5, 5.41) is 5.77. The average molecular weight is 404 g/mol. The fraction of sp³-hybridized carbons (Fsp3) is 0.174. The summed E-state index contributed by atoms with van der Waals surface area (Å²) in [5.41, 5.74) is 3.74. The monoisotopic (exact) mass is 403 g/mol. The molecule has 0 unspecified atom stereocenters. The van der Waals surface area contributed by atoms with Crippen molar-refractivity contribution in [1.29, 1.82) is 0 Å². The van der Waals surface area contributed by atoms with Crippen molar-refractivity contribution in [2.45, 2.75) is 19.4 Å². The van der Waals surface area contributed by atoms with Crippen molar-refractivity contribution in [3.8, 4) is 10.6 Å². The van der Waals surface area contributed by atoms with Gasteiger partial charge in [-0.3, -0.25) is 9.59 Å². The summed E-state index contributed by atoms with van der Waals surface area (Å²) in [5.74, 6) is 0.00295. The van der Waals surface area contributed by atoms with E-state index < -0.39 is 0 Å². The Morgan fingerprint density at radius 2 is 1.93 bits per heavy atom. The first kappa shape index (κ1) is 19.1. The fourth-order valence-corrected chi connectivity index (χ4v) is 4.02. The zero-order valence-corrected chi connectivity index (χ0v) is 16.7. The van der Waals surface area contributed by atoms with Gasteiger partial charge in [-0.2, -0.15) is 0 Å². The first-order valence-corrected chi connectivity index (χ1v) is 10.4. The van der Waals surface area contributed by atoms with Gasteiger partial charge in [0, 0.05) is 35.7 Å². The van der Waals surface area contributed by atoms with Gasteiger partial charge >= 0.3 is 0 Å². The highest BCUT2D eigenvalue weighted by Gasteiger charge is 2.21. The Balaban J connectivity index is 1.30. The van der Waals surface area contributed by atoms with Gasteiger partial charge in [0.1, 0.15) is 5.01 Å². The van der Waals surface area contributed by atoms with Crippen LogP contribution in [0.25, 0.3) is 16.6 Å². The number of aromatic nitrogens is 1. The zero-order valence-electron chi connectivity index (χ0n) is 15.9. The summed E-state index contributed by atoms with van der Waals surface area (Å²) in [6, 6.07) is 17.7. The summed E-state index contributed by atoms with van der Waals surface area (Å²) >= 11 is 1.57. The minimum atomic E-state index is -0.168. The highest BCUT2D eigenvalue weighted by atomic mass is 32.1. The van der Waals surface area contributed by atoms with Gasteiger partial charge in [-0.25, -0.2) is 4.98 Å². The molecular weight excluding hydrogens is 382 g/mol. The van der Waals surface area contributed by atoms with E-state index >= 15 is 0 Å². The number of nitrogens with zero attached hydrogens (tertiary/aromatic N) is 2. The molecule has 3 aromatic rings. The van der Waals surface area contributed by atoms with E-state index in [2.05, 4.69) is 10.3 Å². The van der Waals surface area contributed by atoms with E-state index in [4.69, 9.17) is 0 Å². The summed E-state index contributed by atoms with van der Waals surface area (Å²) in [7, 11) is 0. The molecule has 0 aliphatic carbocycles. The maximum absolute atomic E-state index is 12.1. The molecule has 0 spiro atoms. The third-order valence-corrected chi connectivity index (χ3v) is 5.66. The molecule has 146 valence electrons. The van der Waals surface area contributed by atoms with Gasteiger partial charge in [0.2, 0.25) is 11.8 Å². The van der Waals surface area contributed by atoms with Gasteiger partial charge in [0.05, 0.1) is 12.2 Å². The van der Waals surface area contributed by atoms with Gasteiger partial charge < -0.3 is 10.2 Å². The van der Waals surface area contributed by atoms with E-state index in [-0.39, 0.29) is 11.8 Å². The van der Waals surface area contributed by atoms with E-state index in [1.807, 2.05) is 60.0 Å². The number of hydrogen-bond donors (Lipinski definition) is 1. The minimum absolute atomic E-state index is 0.168. The molecule has 0 atom stereocenters. The zero-order chi connectivity index (χ0) is 20.1. The Bertz CT molecular complexity index is 1030. The first-order valence-electron chi connectivity index (χ1n) is 9.55. The summed E-state index contributed by atoms with van der Waals surface area (Å²) < 4.78 is 0. The quantitative estimate of drug-likeness (QED) is 0.626. The van der Waals surface area contributed by atoms with Crippen molar-refractivity contribution >= 4 is 34.9 Å². The lowest BCUT2D eigenvalue weighted by Gasteiger charge is -2.15. The maximum atomic E-state index is 12.1. The second kappa shape index (κ2) is 8.84. The molecule has 1 saturated heterocycles. The highest BCUT2D eigenvalue weighted by Crippen LogP contribution is 2.23. The lowest BCUT2D eigenvalue weighted by atomic mass is 10.2. The third kappa shape index (κ3) is 4.78. The second-order valence-electron chi connectivity index (χ2n) is 6.80. The van der Waals surface area contributed by atoms with Crippen LogP contribution in [0.15, 0.2) is 66.1 Å². The van der Waals surface area contributed by atoms with Crippen LogP contribution in [0.5, 0.6) is 0 Å². The molecule has 4 rings (SSSR count). The van der Waals surface area contributed by atoms with E-state index in [0.29, 0.717) is 13.0 Å². The van der Waals surface area contributed by atoms with Crippen molar-refractivity contribution in [2.24, 2.45) is 0 Å². The average Bonchev–Trinajstić information content (AvgIpc) is 3.41. The Labute approximate surface area is 173 Å². The topological polar surface area (TPSA) is 62.3 Å². The third-order valence-electron chi connectivity index (χ3n) is 4.72. The van der Waals surface area contributed by atoms with Crippen molar-refractivity contribution in [2.75, 3.05) is 11.4 Å². The van der Waals surface area contributed by atoms with Crippen LogP contribution in [-0.4, -0.2) is 23.3 Å². The van der Waals surface area contributed by atoms with Gasteiger partial charge in [0.15, 0.2) is 0 Å². The molecule has 5 nitrogen and oxygen atoms in total. The molecule has 1 aromatic heterocycles. The Hall–Kier alpha value is -3.25.